The van der Waals surface area contributed by atoms with Crippen molar-refractivity contribution >= 4 is 5.82 Å². The molecule has 0 amide bonds. The van der Waals surface area contributed by atoms with Crippen LogP contribution in [0.25, 0.3) is 0 Å². The summed E-state index contributed by atoms with van der Waals surface area (Å²) in [6, 6.07) is 0. The normalized spacial score (nSPS) is 10.6. The first-order chi connectivity index (χ1) is 7.68. The number of aryl methyl sites for hydroxylation is 2. The van der Waals surface area contributed by atoms with Crippen LogP contribution in [0.5, 0.6) is 0 Å². The van der Waals surface area contributed by atoms with Gasteiger partial charge in [-0.3, -0.25) is 0 Å². The molecule has 0 aliphatic heterocycles. The van der Waals surface area contributed by atoms with Crippen LogP contribution in [0.15, 0.2) is 6.20 Å². The Kier molecular flexibility index (Phi) is 2.58. The van der Waals surface area contributed by atoms with Gasteiger partial charge in [0.15, 0.2) is 11.6 Å². The van der Waals surface area contributed by atoms with E-state index in [0.29, 0.717) is 24.6 Å². The molecular weight excluding hydrogens is 214 g/mol. The molecule has 9 nitrogen and oxygen atoms in total. The van der Waals surface area contributed by atoms with E-state index in [1.807, 2.05) is 0 Å². The summed E-state index contributed by atoms with van der Waals surface area (Å²) in [5.74, 6) is 1.08. The van der Waals surface area contributed by atoms with Gasteiger partial charge in [-0.25, -0.2) is 9.55 Å². The zero-order valence-electron chi connectivity index (χ0n) is 8.49. The maximum atomic E-state index is 10.7. The van der Waals surface area contributed by atoms with Crippen LogP contribution in [0.1, 0.15) is 11.6 Å². The molecule has 2 heterocycles. The molecule has 0 aromatic carbocycles. The SMILES string of the molecule is Cc1ncc([N+](=O)[O-])n1CCc1nn[nH]n1. The molecular formula is C7H9N7O2. The molecule has 0 unspecified atom stereocenters. The number of H-pyrrole nitrogens is 1. The second kappa shape index (κ2) is 4.04. The number of rotatable bonds is 4. The van der Waals surface area contributed by atoms with Crippen molar-refractivity contribution in [1.29, 1.82) is 0 Å². The fourth-order valence-corrected chi connectivity index (χ4v) is 1.38. The number of aromatic amines is 1. The smallest absolute Gasteiger partial charge is 0.342 e. The highest BCUT2D eigenvalue weighted by molar-refractivity contribution is 5.18. The zero-order chi connectivity index (χ0) is 11.5. The van der Waals surface area contributed by atoms with Crippen LogP contribution in [0.2, 0.25) is 0 Å². The lowest BCUT2D eigenvalue weighted by molar-refractivity contribution is -0.392. The van der Waals surface area contributed by atoms with Crippen molar-refractivity contribution in [2.45, 2.75) is 19.9 Å². The first-order valence-corrected chi connectivity index (χ1v) is 4.57. The molecule has 2 aromatic heterocycles. The molecule has 0 spiro atoms. The Balaban J connectivity index is 2.14. The van der Waals surface area contributed by atoms with E-state index in [-0.39, 0.29) is 5.82 Å². The van der Waals surface area contributed by atoms with Crippen LogP contribution in [0, 0.1) is 17.0 Å². The molecule has 0 atom stereocenters. The molecule has 0 aliphatic carbocycles. The van der Waals surface area contributed by atoms with E-state index in [9.17, 15) is 10.1 Å². The summed E-state index contributed by atoms with van der Waals surface area (Å²) in [6.45, 7) is 2.12. The lowest BCUT2D eigenvalue weighted by Crippen LogP contribution is -2.08. The number of hydrogen-bond donors (Lipinski definition) is 1. The Hall–Kier alpha value is -2.32. The molecule has 16 heavy (non-hydrogen) atoms. The second-order valence-corrected chi connectivity index (χ2v) is 3.15. The lowest BCUT2D eigenvalue weighted by atomic mass is 10.4. The quantitative estimate of drug-likeness (QED) is 0.569. The van der Waals surface area contributed by atoms with Crippen molar-refractivity contribution in [3.8, 4) is 0 Å². The number of hydrogen-bond acceptors (Lipinski definition) is 6. The van der Waals surface area contributed by atoms with Crippen molar-refractivity contribution in [2.24, 2.45) is 0 Å². The highest BCUT2D eigenvalue weighted by atomic mass is 16.6. The summed E-state index contributed by atoms with van der Waals surface area (Å²) in [7, 11) is 0. The number of nitro groups is 1. The summed E-state index contributed by atoms with van der Waals surface area (Å²) in [6.07, 6.45) is 1.71. The fraction of sp³-hybridized carbons (Fsp3) is 0.429. The molecule has 0 aliphatic rings. The van der Waals surface area contributed by atoms with E-state index in [1.165, 1.54) is 10.8 Å². The number of tetrazole rings is 1. The van der Waals surface area contributed by atoms with Gasteiger partial charge in [0.1, 0.15) is 6.20 Å². The summed E-state index contributed by atoms with van der Waals surface area (Å²) in [5.41, 5.74) is 0. The molecule has 84 valence electrons. The molecule has 0 saturated carbocycles. The molecule has 0 fully saturated rings. The third-order valence-electron chi connectivity index (χ3n) is 2.17. The molecule has 0 radical (unpaired) electrons. The standard InChI is InChI=1S/C7H9N7O2/c1-5-8-4-7(14(15)16)13(5)3-2-6-9-11-12-10-6/h4H,2-3H2,1H3,(H,9,10,11,12). The highest BCUT2D eigenvalue weighted by Crippen LogP contribution is 2.13. The average molecular weight is 223 g/mol. The van der Waals surface area contributed by atoms with E-state index < -0.39 is 4.92 Å². The van der Waals surface area contributed by atoms with Crippen molar-refractivity contribution in [1.82, 2.24) is 30.2 Å². The third-order valence-corrected chi connectivity index (χ3v) is 2.17. The molecule has 1 N–H and O–H groups in total. The summed E-state index contributed by atoms with van der Waals surface area (Å²) >= 11 is 0. The van der Waals surface area contributed by atoms with E-state index in [2.05, 4.69) is 25.6 Å². The van der Waals surface area contributed by atoms with Gasteiger partial charge < -0.3 is 10.1 Å². The van der Waals surface area contributed by atoms with Crippen LogP contribution < -0.4 is 0 Å². The first-order valence-electron chi connectivity index (χ1n) is 4.57. The number of aromatic nitrogens is 6. The number of nitrogens with one attached hydrogen (secondary N) is 1. The lowest BCUT2D eigenvalue weighted by Gasteiger charge is -2.00. The number of nitrogens with zero attached hydrogens (tertiary/aromatic N) is 6. The third kappa shape index (κ3) is 1.87. The fourth-order valence-electron chi connectivity index (χ4n) is 1.38. The first kappa shape index (κ1) is 10.2. The van der Waals surface area contributed by atoms with Crippen LogP contribution in [0.3, 0.4) is 0 Å². The maximum Gasteiger partial charge on any atom is 0.342 e. The average Bonchev–Trinajstić information content (AvgIpc) is 2.84. The van der Waals surface area contributed by atoms with Gasteiger partial charge in [-0.1, -0.05) is 5.21 Å². The van der Waals surface area contributed by atoms with E-state index in [1.54, 1.807) is 6.92 Å². The Morgan fingerprint density at radius 2 is 2.44 bits per heavy atom. The van der Waals surface area contributed by atoms with Gasteiger partial charge in [0.25, 0.3) is 0 Å². The number of imidazole rings is 1. The van der Waals surface area contributed by atoms with E-state index in [0.717, 1.165) is 0 Å². The predicted octanol–water partition coefficient (Wildman–Crippen LogP) is -0.144. The Morgan fingerprint density at radius 1 is 1.62 bits per heavy atom. The minimum Gasteiger partial charge on any atom is -0.358 e. The summed E-state index contributed by atoms with van der Waals surface area (Å²) < 4.78 is 1.51. The Bertz CT molecular complexity index is 489. The summed E-state index contributed by atoms with van der Waals surface area (Å²) in [5, 5.41) is 24.0. The van der Waals surface area contributed by atoms with Crippen molar-refractivity contribution in [3.05, 3.63) is 28.0 Å². The molecule has 2 aromatic rings. The Morgan fingerprint density at radius 3 is 3.06 bits per heavy atom. The van der Waals surface area contributed by atoms with Gasteiger partial charge in [-0.15, -0.1) is 10.2 Å². The monoisotopic (exact) mass is 223 g/mol. The highest BCUT2D eigenvalue weighted by Gasteiger charge is 2.17. The van der Waals surface area contributed by atoms with Gasteiger partial charge in [-0.05, 0) is 4.92 Å². The van der Waals surface area contributed by atoms with Gasteiger partial charge in [-0.2, -0.15) is 5.21 Å². The van der Waals surface area contributed by atoms with Crippen molar-refractivity contribution < 1.29 is 4.92 Å². The minimum absolute atomic E-state index is 0.0269. The van der Waals surface area contributed by atoms with Crippen LogP contribution in [-0.4, -0.2) is 35.1 Å². The van der Waals surface area contributed by atoms with Crippen LogP contribution in [-0.2, 0) is 13.0 Å². The maximum absolute atomic E-state index is 10.7. The second-order valence-electron chi connectivity index (χ2n) is 3.15. The summed E-state index contributed by atoms with van der Waals surface area (Å²) in [4.78, 5) is 14.1. The minimum atomic E-state index is -0.462. The van der Waals surface area contributed by atoms with Crippen LogP contribution in [0.4, 0.5) is 5.82 Å². The van der Waals surface area contributed by atoms with Gasteiger partial charge >= 0.3 is 5.82 Å². The Labute approximate surface area is 89.6 Å². The van der Waals surface area contributed by atoms with E-state index in [4.69, 9.17) is 0 Å². The zero-order valence-corrected chi connectivity index (χ0v) is 8.49. The van der Waals surface area contributed by atoms with Gasteiger partial charge in [0.05, 0.1) is 6.54 Å². The molecule has 2 rings (SSSR count). The van der Waals surface area contributed by atoms with Crippen molar-refractivity contribution in [3.63, 3.8) is 0 Å². The van der Waals surface area contributed by atoms with Crippen molar-refractivity contribution in [2.75, 3.05) is 0 Å². The van der Waals surface area contributed by atoms with Gasteiger partial charge in [0, 0.05) is 13.3 Å². The largest absolute Gasteiger partial charge is 0.358 e. The van der Waals surface area contributed by atoms with E-state index >= 15 is 0 Å². The van der Waals surface area contributed by atoms with Gasteiger partial charge in [0.2, 0.25) is 0 Å². The predicted molar refractivity (Wildman–Crippen MR) is 51.5 cm³/mol. The van der Waals surface area contributed by atoms with Crippen LogP contribution >= 0.6 is 0 Å². The molecule has 0 bridgehead atoms. The molecule has 0 saturated heterocycles. The molecule has 9 heteroatoms. The topological polar surface area (TPSA) is 115 Å².